The van der Waals surface area contributed by atoms with Gasteiger partial charge < -0.3 is 15.4 Å². The molecule has 0 bridgehead atoms. The van der Waals surface area contributed by atoms with Crippen LogP contribution in [0.5, 0.6) is 0 Å². The topological polar surface area (TPSA) is 55.6 Å². The Bertz CT molecular complexity index is 256. The molecule has 1 heterocycles. The van der Waals surface area contributed by atoms with E-state index in [1.54, 1.807) is 6.92 Å². The second kappa shape index (κ2) is 5.83. The maximum atomic E-state index is 12.2. The van der Waals surface area contributed by atoms with Crippen LogP contribution >= 0.6 is 0 Å². The van der Waals surface area contributed by atoms with Crippen molar-refractivity contribution in [1.82, 2.24) is 4.90 Å². The summed E-state index contributed by atoms with van der Waals surface area (Å²) in [5, 5.41) is 0. The first-order valence-electron chi connectivity index (χ1n) is 6.86. The molecule has 0 aromatic rings. The van der Waals surface area contributed by atoms with Gasteiger partial charge in [-0.05, 0) is 32.6 Å². The minimum atomic E-state index is -0.392. The molecule has 1 aliphatic carbocycles. The molecule has 4 heteroatoms. The van der Waals surface area contributed by atoms with Crippen LogP contribution in [0.3, 0.4) is 0 Å². The Balaban J connectivity index is 1.97. The highest BCUT2D eigenvalue weighted by Crippen LogP contribution is 2.25. The van der Waals surface area contributed by atoms with Gasteiger partial charge in [0.2, 0.25) is 5.91 Å². The number of carbonyl (C=O) groups excluding carboxylic acids is 1. The summed E-state index contributed by atoms with van der Waals surface area (Å²) in [6.07, 6.45) is 7.16. The number of carbonyl (C=O) groups is 1. The molecule has 17 heavy (non-hydrogen) atoms. The fourth-order valence-electron chi connectivity index (χ4n) is 2.90. The maximum Gasteiger partial charge on any atom is 0.239 e. The highest BCUT2D eigenvalue weighted by molar-refractivity contribution is 5.81. The van der Waals surface area contributed by atoms with Crippen molar-refractivity contribution >= 4 is 5.91 Å². The van der Waals surface area contributed by atoms with E-state index in [2.05, 4.69) is 0 Å². The summed E-state index contributed by atoms with van der Waals surface area (Å²) in [6.45, 7) is 3.36. The van der Waals surface area contributed by atoms with Crippen molar-refractivity contribution in [2.75, 3.05) is 13.2 Å². The molecule has 1 unspecified atom stereocenters. The van der Waals surface area contributed by atoms with Crippen molar-refractivity contribution in [3.05, 3.63) is 0 Å². The lowest BCUT2D eigenvalue weighted by molar-refractivity contribution is -0.136. The van der Waals surface area contributed by atoms with Gasteiger partial charge in [-0.1, -0.05) is 12.8 Å². The van der Waals surface area contributed by atoms with Crippen molar-refractivity contribution in [1.29, 1.82) is 0 Å². The van der Waals surface area contributed by atoms with Gasteiger partial charge in [0.1, 0.15) is 0 Å². The van der Waals surface area contributed by atoms with Crippen LogP contribution in [0.4, 0.5) is 0 Å². The van der Waals surface area contributed by atoms with Gasteiger partial charge >= 0.3 is 0 Å². The van der Waals surface area contributed by atoms with Gasteiger partial charge in [-0.3, -0.25) is 4.79 Å². The van der Waals surface area contributed by atoms with E-state index < -0.39 is 6.04 Å². The van der Waals surface area contributed by atoms with Crippen LogP contribution in [0.2, 0.25) is 0 Å². The SMILES string of the molecule is C[C@H](N)C(=O)N(CC1CCCO1)C1CCCC1. The summed E-state index contributed by atoms with van der Waals surface area (Å²) < 4.78 is 5.64. The number of hydrogen-bond acceptors (Lipinski definition) is 3. The average Bonchev–Trinajstić information content (AvgIpc) is 2.97. The Morgan fingerprint density at radius 1 is 1.35 bits per heavy atom. The molecule has 2 atom stereocenters. The molecule has 2 N–H and O–H groups in total. The van der Waals surface area contributed by atoms with Crippen LogP contribution in [0, 0.1) is 0 Å². The van der Waals surface area contributed by atoms with Crippen molar-refractivity contribution in [3.8, 4) is 0 Å². The monoisotopic (exact) mass is 240 g/mol. The van der Waals surface area contributed by atoms with Crippen LogP contribution < -0.4 is 5.73 Å². The van der Waals surface area contributed by atoms with Crippen LogP contribution in [0.25, 0.3) is 0 Å². The summed E-state index contributed by atoms with van der Waals surface area (Å²) >= 11 is 0. The van der Waals surface area contributed by atoms with Gasteiger partial charge in [-0.2, -0.15) is 0 Å². The Morgan fingerprint density at radius 3 is 2.59 bits per heavy atom. The third-order valence-corrected chi connectivity index (χ3v) is 3.86. The van der Waals surface area contributed by atoms with Crippen LogP contribution in [0.15, 0.2) is 0 Å². The van der Waals surface area contributed by atoms with E-state index in [1.807, 2.05) is 4.90 Å². The number of nitrogens with zero attached hydrogens (tertiary/aromatic N) is 1. The third-order valence-electron chi connectivity index (χ3n) is 3.86. The predicted molar refractivity (Wildman–Crippen MR) is 66.6 cm³/mol. The third kappa shape index (κ3) is 3.19. The van der Waals surface area contributed by atoms with Crippen LogP contribution in [-0.4, -0.2) is 42.1 Å². The Hall–Kier alpha value is -0.610. The van der Waals surface area contributed by atoms with Gasteiger partial charge in [0.25, 0.3) is 0 Å². The highest BCUT2D eigenvalue weighted by atomic mass is 16.5. The van der Waals surface area contributed by atoms with Gasteiger partial charge in [-0.25, -0.2) is 0 Å². The number of amides is 1. The van der Waals surface area contributed by atoms with Crippen molar-refractivity contribution < 1.29 is 9.53 Å². The van der Waals surface area contributed by atoms with Crippen molar-refractivity contribution in [3.63, 3.8) is 0 Å². The zero-order valence-corrected chi connectivity index (χ0v) is 10.7. The zero-order valence-electron chi connectivity index (χ0n) is 10.7. The van der Waals surface area contributed by atoms with E-state index in [0.717, 1.165) is 38.8 Å². The molecule has 2 aliphatic rings. The maximum absolute atomic E-state index is 12.2. The van der Waals surface area contributed by atoms with E-state index in [4.69, 9.17) is 10.5 Å². The normalized spacial score (nSPS) is 27.3. The smallest absolute Gasteiger partial charge is 0.239 e. The van der Waals surface area contributed by atoms with Crippen LogP contribution in [0.1, 0.15) is 45.4 Å². The number of rotatable bonds is 4. The Labute approximate surface area is 103 Å². The van der Waals surface area contributed by atoms with Crippen molar-refractivity contribution in [2.45, 2.75) is 63.6 Å². The van der Waals surface area contributed by atoms with Gasteiger partial charge in [0, 0.05) is 19.2 Å². The lowest BCUT2D eigenvalue weighted by atomic mass is 10.1. The lowest BCUT2D eigenvalue weighted by Gasteiger charge is -2.32. The van der Waals surface area contributed by atoms with Gasteiger partial charge in [-0.15, -0.1) is 0 Å². The van der Waals surface area contributed by atoms with Gasteiger partial charge in [0.05, 0.1) is 12.1 Å². The fraction of sp³-hybridized carbons (Fsp3) is 0.923. The Kier molecular flexibility index (Phi) is 4.40. The summed E-state index contributed by atoms with van der Waals surface area (Å²) in [5.41, 5.74) is 5.75. The number of hydrogen-bond donors (Lipinski definition) is 1. The van der Waals surface area contributed by atoms with E-state index in [9.17, 15) is 4.79 Å². The molecule has 2 fully saturated rings. The highest BCUT2D eigenvalue weighted by Gasteiger charge is 2.31. The molecular weight excluding hydrogens is 216 g/mol. The molecule has 2 rings (SSSR count). The Morgan fingerprint density at radius 2 is 2.06 bits per heavy atom. The lowest BCUT2D eigenvalue weighted by Crippen LogP contribution is -2.49. The molecule has 0 aromatic carbocycles. The minimum Gasteiger partial charge on any atom is -0.376 e. The van der Waals surface area contributed by atoms with E-state index in [1.165, 1.54) is 12.8 Å². The van der Waals surface area contributed by atoms with Gasteiger partial charge in [0.15, 0.2) is 0 Å². The second-order valence-corrected chi connectivity index (χ2v) is 5.35. The average molecular weight is 240 g/mol. The van der Waals surface area contributed by atoms with Crippen LogP contribution in [-0.2, 0) is 9.53 Å². The first kappa shape index (κ1) is 12.8. The predicted octanol–water partition coefficient (Wildman–Crippen LogP) is 1.28. The molecule has 1 aliphatic heterocycles. The standard InChI is InChI=1S/C13H24N2O2/c1-10(14)13(16)15(11-5-2-3-6-11)9-12-7-4-8-17-12/h10-12H,2-9,14H2,1H3/t10-,12?/m0/s1. The molecule has 0 radical (unpaired) electrons. The van der Waals surface area contributed by atoms with E-state index in [0.29, 0.717) is 6.04 Å². The summed E-state index contributed by atoms with van der Waals surface area (Å²) in [7, 11) is 0. The minimum absolute atomic E-state index is 0.0902. The summed E-state index contributed by atoms with van der Waals surface area (Å²) in [5.74, 6) is 0.0902. The molecule has 0 spiro atoms. The molecule has 98 valence electrons. The molecule has 4 nitrogen and oxygen atoms in total. The van der Waals surface area contributed by atoms with E-state index >= 15 is 0 Å². The largest absolute Gasteiger partial charge is 0.376 e. The zero-order chi connectivity index (χ0) is 12.3. The van der Waals surface area contributed by atoms with E-state index in [-0.39, 0.29) is 12.0 Å². The molecule has 1 amide bonds. The molecular formula is C13H24N2O2. The summed E-state index contributed by atoms with van der Waals surface area (Å²) in [4.78, 5) is 14.2. The number of nitrogens with two attached hydrogens (primary N) is 1. The first-order valence-corrected chi connectivity index (χ1v) is 6.86. The molecule has 1 saturated heterocycles. The second-order valence-electron chi connectivity index (χ2n) is 5.35. The first-order chi connectivity index (χ1) is 8.18. The molecule has 0 aromatic heterocycles. The molecule has 1 saturated carbocycles. The van der Waals surface area contributed by atoms with Crippen molar-refractivity contribution in [2.24, 2.45) is 5.73 Å². The fourth-order valence-corrected chi connectivity index (χ4v) is 2.90. The number of ether oxygens (including phenoxy) is 1. The quantitative estimate of drug-likeness (QED) is 0.805. The summed E-state index contributed by atoms with van der Waals surface area (Å²) in [6, 6.07) is 0.00898.